The van der Waals surface area contributed by atoms with Crippen LogP contribution in [0.25, 0.3) is 33.4 Å². The zero-order valence-electron chi connectivity index (χ0n) is 21.4. The number of esters is 4. The van der Waals surface area contributed by atoms with Crippen molar-refractivity contribution in [3.8, 4) is 33.4 Å². The number of rotatable bonds is 3. The molecule has 0 saturated carbocycles. The third kappa shape index (κ3) is 4.58. The van der Waals surface area contributed by atoms with Crippen molar-refractivity contribution in [3.63, 3.8) is 0 Å². The van der Waals surface area contributed by atoms with E-state index in [0.717, 1.165) is 33.4 Å². The molecule has 0 saturated heterocycles. The van der Waals surface area contributed by atoms with Gasteiger partial charge in [0.15, 0.2) is 6.79 Å². The van der Waals surface area contributed by atoms with Crippen molar-refractivity contribution < 1.29 is 42.9 Å². The largest absolute Gasteiger partial charge is 0.457 e. The van der Waals surface area contributed by atoms with Crippen LogP contribution in [-0.4, -0.2) is 37.5 Å². The quantitative estimate of drug-likeness (QED) is 0.195. The standard InChI is InChI=1S/C31H18O8.CH2O/c32-28-24-5-3-16(7-23(24)13-36-15-38-28)20-8-21(17-1-2-19-14-37-29(33)26(19)11-17)10-22(9-20)18-4-6-25-27(12-18)31(35)39-30(25)34;1-2/h1-12H,13-15H2;1H2. The highest BCUT2D eigenvalue weighted by atomic mass is 16.7. The van der Waals surface area contributed by atoms with Gasteiger partial charge in [0.1, 0.15) is 13.4 Å². The lowest BCUT2D eigenvalue weighted by molar-refractivity contribution is -0.0980. The molecule has 3 heterocycles. The molecule has 0 aromatic heterocycles. The van der Waals surface area contributed by atoms with E-state index in [1.54, 1.807) is 24.3 Å². The Labute approximate surface area is 233 Å². The fourth-order valence-corrected chi connectivity index (χ4v) is 5.10. The highest BCUT2D eigenvalue weighted by Crippen LogP contribution is 2.36. The summed E-state index contributed by atoms with van der Waals surface area (Å²) in [4.78, 5) is 56.7. The number of cyclic esters (lactones) is 4. The number of benzene rings is 4. The van der Waals surface area contributed by atoms with Gasteiger partial charge in [0.2, 0.25) is 0 Å². The Kier molecular flexibility index (Phi) is 6.49. The molecule has 0 bridgehead atoms. The maximum atomic E-state index is 12.3. The third-order valence-electron chi connectivity index (χ3n) is 7.12. The van der Waals surface area contributed by atoms with Crippen LogP contribution >= 0.6 is 0 Å². The smallest absolute Gasteiger partial charge is 0.346 e. The summed E-state index contributed by atoms with van der Waals surface area (Å²) >= 11 is 0. The van der Waals surface area contributed by atoms with Gasteiger partial charge in [-0.3, -0.25) is 0 Å². The van der Waals surface area contributed by atoms with E-state index in [1.165, 1.54) is 0 Å². The topological polar surface area (TPSA) is 122 Å². The molecule has 4 aromatic carbocycles. The van der Waals surface area contributed by atoms with Crippen molar-refractivity contribution in [3.05, 3.63) is 106 Å². The molecule has 4 aromatic rings. The van der Waals surface area contributed by atoms with Gasteiger partial charge < -0.3 is 23.7 Å². The fourth-order valence-electron chi connectivity index (χ4n) is 5.10. The zero-order valence-corrected chi connectivity index (χ0v) is 21.4. The molecular weight excluding hydrogens is 528 g/mol. The van der Waals surface area contributed by atoms with Crippen molar-refractivity contribution in [2.45, 2.75) is 13.2 Å². The first-order chi connectivity index (χ1) is 19.9. The van der Waals surface area contributed by atoms with Crippen LogP contribution in [0.15, 0.2) is 72.8 Å². The molecule has 0 amide bonds. The molecule has 3 aliphatic heterocycles. The average Bonchev–Trinajstić information content (AvgIpc) is 3.45. The van der Waals surface area contributed by atoms with Crippen LogP contribution in [0, 0.1) is 0 Å². The maximum absolute atomic E-state index is 12.3. The van der Waals surface area contributed by atoms with Gasteiger partial charge in [0.25, 0.3) is 0 Å². The van der Waals surface area contributed by atoms with E-state index in [1.807, 2.05) is 55.3 Å². The lowest BCUT2D eigenvalue weighted by Gasteiger charge is -2.13. The monoisotopic (exact) mass is 548 g/mol. The summed E-state index contributed by atoms with van der Waals surface area (Å²) in [6, 6.07) is 22.0. The Balaban J connectivity index is 0.00000148. The summed E-state index contributed by atoms with van der Waals surface area (Å²) in [6.07, 6.45) is 0. The number of hydrogen-bond acceptors (Lipinski definition) is 9. The lowest BCUT2D eigenvalue weighted by Crippen LogP contribution is -2.04. The Bertz CT molecular complexity index is 1790. The first-order valence-corrected chi connectivity index (χ1v) is 12.5. The number of fused-ring (bicyclic) bond motifs is 3. The normalized spacial score (nSPS) is 14.9. The van der Waals surface area contributed by atoms with Crippen LogP contribution in [0.5, 0.6) is 0 Å². The summed E-state index contributed by atoms with van der Waals surface area (Å²) < 4.78 is 20.4. The minimum absolute atomic E-state index is 0.105. The highest BCUT2D eigenvalue weighted by molar-refractivity contribution is 6.15. The van der Waals surface area contributed by atoms with E-state index in [2.05, 4.69) is 0 Å². The van der Waals surface area contributed by atoms with E-state index in [9.17, 15) is 19.2 Å². The second kappa shape index (κ2) is 10.3. The number of ether oxygens (including phenoxy) is 4. The molecule has 7 rings (SSSR count). The predicted octanol–water partition coefficient (Wildman–Crippen LogP) is 5.13. The highest BCUT2D eigenvalue weighted by Gasteiger charge is 2.30. The van der Waals surface area contributed by atoms with E-state index in [-0.39, 0.29) is 37.1 Å². The van der Waals surface area contributed by atoms with Gasteiger partial charge in [-0.25, -0.2) is 19.2 Å². The van der Waals surface area contributed by atoms with Crippen LogP contribution in [0.1, 0.15) is 52.6 Å². The summed E-state index contributed by atoms with van der Waals surface area (Å²) in [7, 11) is 0. The SMILES string of the molecule is C=O.O=C1OCOCc2cc(-c3cc(-c4ccc5c(c4)C(=O)OC5)cc(-c4ccc5c(c4)C(=O)OC5=O)c3)ccc21. The molecule has 0 N–H and O–H groups in total. The molecule has 0 aliphatic carbocycles. The Morgan fingerprint density at radius 3 is 1.73 bits per heavy atom. The summed E-state index contributed by atoms with van der Waals surface area (Å²) in [6.45, 7) is 2.38. The Morgan fingerprint density at radius 2 is 1.02 bits per heavy atom. The molecule has 0 radical (unpaired) electrons. The van der Waals surface area contributed by atoms with Crippen molar-refractivity contribution >= 4 is 30.7 Å². The van der Waals surface area contributed by atoms with E-state index >= 15 is 0 Å². The van der Waals surface area contributed by atoms with Crippen molar-refractivity contribution in [2.75, 3.05) is 6.79 Å². The number of carbonyl (C=O) groups is 5. The first-order valence-electron chi connectivity index (χ1n) is 12.5. The number of carbonyl (C=O) groups excluding carboxylic acids is 5. The molecule has 9 nitrogen and oxygen atoms in total. The summed E-state index contributed by atoms with van der Waals surface area (Å²) in [5.41, 5.74) is 7.78. The minimum Gasteiger partial charge on any atom is -0.457 e. The third-order valence-corrected chi connectivity index (χ3v) is 7.12. The van der Waals surface area contributed by atoms with E-state index < -0.39 is 17.9 Å². The van der Waals surface area contributed by atoms with Crippen molar-refractivity contribution in [1.82, 2.24) is 0 Å². The van der Waals surface area contributed by atoms with Gasteiger partial charge in [0, 0.05) is 5.56 Å². The van der Waals surface area contributed by atoms with Gasteiger partial charge in [-0.05, 0) is 87.5 Å². The van der Waals surface area contributed by atoms with E-state index in [4.69, 9.17) is 23.7 Å². The molecule has 9 heteroatoms. The van der Waals surface area contributed by atoms with Gasteiger partial charge in [-0.15, -0.1) is 0 Å². The van der Waals surface area contributed by atoms with Crippen LogP contribution < -0.4 is 0 Å². The molecular formula is C32H20O9. The van der Waals surface area contributed by atoms with Gasteiger partial charge in [-0.1, -0.05) is 24.3 Å². The second-order valence-corrected chi connectivity index (χ2v) is 9.45. The number of hydrogen-bond donors (Lipinski definition) is 0. The molecule has 0 unspecified atom stereocenters. The van der Waals surface area contributed by atoms with Crippen molar-refractivity contribution in [2.24, 2.45) is 0 Å². The first kappa shape index (κ1) is 25.8. The van der Waals surface area contributed by atoms with Crippen LogP contribution in [0.2, 0.25) is 0 Å². The fraction of sp³-hybridized carbons (Fsp3) is 0.0938. The molecule has 0 atom stereocenters. The molecule has 0 spiro atoms. The summed E-state index contributed by atoms with van der Waals surface area (Å²) in [5.74, 6) is -2.13. The van der Waals surface area contributed by atoms with E-state index in [0.29, 0.717) is 22.3 Å². The van der Waals surface area contributed by atoms with Crippen LogP contribution in [-0.2, 0) is 37.0 Å². The minimum atomic E-state index is -0.678. The Hall–Kier alpha value is -5.41. The molecule has 202 valence electrons. The van der Waals surface area contributed by atoms with Gasteiger partial charge in [-0.2, -0.15) is 0 Å². The average molecular weight is 549 g/mol. The second-order valence-electron chi connectivity index (χ2n) is 9.45. The maximum Gasteiger partial charge on any atom is 0.346 e. The zero-order chi connectivity index (χ0) is 28.7. The van der Waals surface area contributed by atoms with Gasteiger partial charge in [0.05, 0.1) is 28.9 Å². The van der Waals surface area contributed by atoms with Crippen LogP contribution in [0.3, 0.4) is 0 Å². The molecule has 41 heavy (non-hydrogen) atoms. The Morgan fingerprint density at radius 1 is 0.463 bits per heavy atom. The van der Waals surface area contributed by atoms with Crippen molar-refractivity contribution in [1.29, 1.82) is 0 Å². The predicted molar refractivity (Wildman–Crippen MR) is 144 cm³/mol. The lowest BCUT2D eigenvalue weighted by atomic mass is 9.90. The molecule has 0 fully saturated rings. The molecule has 3 aliphatic rings. The van der Waals surface area contributed by atoms with Crippen LogP contribution in [0.4, 0.5) is 0 Å². The van der Waals surface area contributed by atoms with Gasteiger partial charge >= 0.3 is 23.9 Å². The summed E-state index contributed by atoms with van der Waals surface area (Å²) in [5, 5.41) is 0.